The summed E-state index contributed by atoms with van der Waals surface area (Å²) in [6.07, 6.45) is -4.67. The Morgan fingerprint density at radius 2 is 1.63 bits per heavy atom. The molecule has 0 atom stereocenters. The van der Waals surface area contributed by atoms with Crippen molar-refractivity contribution in [2.45, 2.75) is 13.1 Å². The van der Waals surface area contributed by atoms with Crippen molar-refractivity contribution in [3.8, 4) is 0 Å². The third-order valence-corrected chi connectivity index (χ3v) is 3.50. The Hall–Kier alpha value is -3.29. The van der Waals surface area contributed by atoms with Gasteiger partial charge in [-0.15, -0.1) is 0 Å². The highest BCUT2D eigenvalue weighted by molar-refractivity contribution is 6.20. The van der Waals surface area contributed by atoms with Crippen LogP contribution in [0.2, 0.25) is 0 Å². The van der Waals surface area contributed by atoms with Crippen molar-refractivity contribution in [1.29, 1.82) is 0 Å². The van der Waals surface area contributed by atoms with Gasteiger partial charge in [0.25, 0.3) is 0 Å². The van der Waals surface area contributed by atoms with Gasteiger partial charge in [-0.2, -0.15) is 13.2 Å². The van der Waals surface area contributed by atoms with E-state index < -0.39 is 29.3 Å². The summed E-state index contributed by atoms with van der Waals surface area (Å²) in [7, 11) is 0. The first-order chi connectivity index (χ1) is 12.8. The van der Waals surface area contributed by atoms with Crippen LogP contribution in [-0.4, -0.2) is 23.7 Å². The number of benzene rings is 2. The Morgan fingerprint density at radius 3 is 2.19 bits per heavy atom. The standard InChI is InChI=1S/C19H16F3NO4/c1-2-27-18(26)15(17(24)25)16(12-8-4-3-5-9-12)23-14-11-7-6-10-13(14)19(20,21)22/h3-11,23H,2H2,1H3,(H,24,25). The van der Waals surface area contributed by atoms with Crippen LogP contribution in [0, 0.1) is 0 Å². The van der Waals surface area contributed by atoms with Crippen LogP contribution in [0.1, 0.15) is 18.1 Å². The first-order valence-corrected chi connectivity index (χ1v) is 7.89. The Kier molecular flexibility index (Phi) is 6.23. The third-order valence-electron chi connectivity index (χ3n) is 3.50. The lowest BCUT2D eigenvalue weighted by Gasteiger charge is -2.18. The van der Waals surface area contributed by atoms with Gasteiger partial charge >= 0.3 is 18.1 Å². The molecule has 0 aliphatic carbocycles. The molecule has 2 aromatic carbocycles. The molecule has 2 N–H and O–H groups in total. The summed E-state index contributed by atoms with van der Waals surface area (Å²) in [6, 6.07) is 12.3. The number of aliphatic carboxylic acids is 1. The number of hydrogen-bond acceptors (Lipinski definition) is 4. The predicted octanol–water partition coefficient (Wildman–Crippen LogP) is 4.18. The first kappa shape index (κ1) is 20.0. The molecule has 0 saturated carbocycles. The molecule has 0 spiro atoms. The molecular weight excluding hydrogens is 363 g/mol. The molecule has 0 aromatic heterocycles. The molecule has 0 saturated heterocycles. The number of nitrogens with one attached hydrogen (secondary N) is 1. The van der Waals surface area contributed by atoms with E-state index >= 15 is 0 Å². The SMILES string of the molecule is CCOC(=O)C(C(=O)O)=C(Nc1ccccc1C(F)(F)F)c1ccccc1. The Bertz CT molecular complexity index is 861. The lowest BCUT2D eigenvalue weighted by Crippen LogP contribution is -2.21. The largest absolute Gasteiger partial charge is 0.477 e. The Labute approximate surface area is 153 Å². The monoisotopic (exact) mass is 379 g/mol. The molecule has 2 aromatic rings. The molecule has 27 heavy (non-hydrogen) atoms. The van der Waals surface area contributed by atoms with Gasteiger partial charge in [-0.25, -0.2) is 9.59 Å². The van der Waals surface area contributed by atoms with E-state index in [-0.39, 0.29) is 23.6 Å². The van der Waals surface area contributed by atoms with Crippen LogP contribution >= 0.6 is 0 Å². The molecule has 0 bridgehead atoms. The van der Waals surface area contributed by atoms with Gasteiger partial charge in [0.1, 0.15) is 0 Å². The van der Waals surface area contributed by atoms with Gasteiger partial charge in [0, 0.05) is 0 Å². The summed E-state index contributed by atoms with van der Waals surface area (Å²) in [5, 5.41) is 12.0. The number of esters is 1. The molecule has 0 aliphatic heterocycles. The molecule has 0 fully saturated rings. The molecule has 0 unspecified atom stereocenters. The molecule has 142 valence electrons. The van der Waals surface area contributed by atoms with Gasteiger partial charge in [-0.3, -0.25) is 0 Å². The zero-order valence-electron chi connectivity index (χ0n) is 14.2. The van der Waals surface area contributed by atoms with Crippen molar-refractivity contribution in [3.05, 3.63) is 71.3 Å². The van der Waals surface area contributed by atoms with Gasteiger partial charge in [-0.1, -0.05) is 42.5 Å². The van der Waals surface area contributed by atoms with E-state index in [0.717, 1.165) is 12.1 Å². The lowest BCUT2D eigenvalue weighted by atomic mass is 10.0. The molecule has 2 rings (SSSR count). The third kappa shape index (κ3) is 4.87. The van der Waals surface area contributed by atoms with E-state index in [0.29, 0.717) is 0 Å². The number of carbonyl (C=O) groups is 2. The number of para-hydroxylation sites is 1. The van der Waals surface area contributed by atoms with Crippen molar-refractivity contribution >= 4 is 23.3 Å². The average molecular weight is 379 g/mol. The second-order valence-electron chi connectivity index (χ2n) is 5.31. The average Bonchev–Trinajstić information content (AvgIpc) is 2.61. The van der Waals surface area contributed by atoms with Crippen molar-refractivity contribution < 1.29 is 32.6 Å². The molecule has 0 radical (unpaired) electrons. The second kappa shape index (κ2) is 8.39. The van der Waals surface area contributed by atoms with Crippen LogP contribution in [0.4, 0.5) is 18.9 Å². The minimum Gasteiger partial charge on any atom is -0.477 e. The van der Waals surface area contributed by atoms with Gasteiger partial charge < -0.3 is 15.2 Å². The van der Waals surface area contributed by atoms with Gasteiger partial charge in [0.2, 0.25) is 0 Å². The number of carbonyl (C=O) groups excluding carboxylic acids is 1. The molecule has 5 nitrogen and oxygen atoms in total. The number of hydrogen-bond donors (Lipinski definition) is 2. The van der Waals surface area contributed by atoms with E-state index in [4.69, 9.17) is 4.74 Å². The Morgan fingerprint density at radius 1 is 1.04 bits per heavy atom. The molecule has 0 aliphatic rings. The fourth-order valence-electron chi connectivity index (χ4n) is 2.36. The zero-order valence-corrected chi connectivity index (χ0v) is 14.2. The summed E-state index contributed by atoms with van der Waals surface area (Å²) in [4.78, 5) is 23.8. The van der Waals surface area contributed by atoms with Crippen molar-refractivity contribution in [2.75, 3.05) is 11.9 Å². The number of carboxylic acids is 1. The van der Waals surface area contributed by atoms with Crippen LogP contribution < -0.4 is 5.32 Å². The summed E-state index contributed by atoms with van der Waals surface area (Å²) >= 11 is 0. The molecule has 0 amide bonds. The maximum absolute atomic E-state index is 13.3. The van der Waals surface area contributed by atoms with Crippen molar-refractivity contribution in [2.24, 2.45) is 0 Å². The highest BCUT2D eigenvalue weighted by atomic mass is 19.4. The van der Waals surface area contributed by atoms with Crippen LogP contribution in [0.5, 0.6) is 0 Å². The van der Waals surface area contributed by atoms with Crippen LogP contribution in [0.3, 0.4) is 0 Å². The number of anilines is 1. The Balaban J connectivity index is 2.68. The highest BCUT2D eigenvalue weighted by Gasteiger charge is 2.34. The van der Waals surface area contributed by atoms with Gasteiger partial charge in [0.05, 0.1) is 23.6 Å². The predicted molar refractivity (Wildman–Crippen MR) is 92.7 cm³/mol. The van der Waals surface area contributed by atoms with Crippen molar-refractivity contribution in [1.82, 2.24) is 0 Å². The second-order valence-corrected chi connectivity index (χ2v) is 5.31. The molecule has 0 heterocycles. The minimum absolute atomic E-state index is 0.0865. The molecule has 8 heteroatoms. The van der Waals surface area contributed by atoms with E-state index in [2.05, 4.69) is 5.32 Å². The number of rotatable bonds is 6. The van der Waals surface area contributed by atoms with Crippen LogP contribution in [0.15, 0.2) is 60.2 Å². The fraction of sp³-hybridized carbons (Fsp3) is 0.158. The minimum atomic E-state index is -4.67. The fourth-order valence-corrected chi connectivity index (χ4v) is 2.36. The van der Waals surface area contributed by atoms with Crippen molar-refractivity contribution in [3.63, 3.8) is 0 Å². The normalized spacial score (nSPS) is 12.1. The number of ether oxygens (including phenoxy) is 1. The van der Waals surface area contributed by atoms with Crippen LogP contribution in [-0.2, 0) is 20.5 Å². The summed E-state index contributed by atoms with van der Waals surface area (Å²) in [6.45, 7) is 1.41. The lowest BCUT2D eigenvalue weighted by molar-refractivity contribution is -0.143. The number of carboxylic acid groups (broad SMARTS) is 1. The van der Waals surface area contributed by atoms with E-state index in [1.807, 2.05) is 0 Å². The van der Waals surface area contributed by atoms with E-state index in [1.165, 1.54) is 31.2 Å². The maximum atomic E-state index is 13.3. The maximum Gasteiger partial charge on any atom is 0.418 e. The van der Waals surface area contributed by atoms with Gasteiger partial charge in [0.15, 0.2) is 5.57 Å². The molecular formula is C19H16F3NO4. The summed E-state index contributed by atoms with van der Waals surface area (Å²) < 4.78 is 44.6. The number of alkyl halides is 3. The van der Waals surface area contributed by atoms with Gasteiger partial charge in [-0.05, 0) is 24.6 Å². The smallest absolute Gasteiger partial charge is 0.418 e. The first-order valence-electron chi connectivity index (χ1n) is 7.89. The van der Waals surface area contributed by atoms with E-state index in [9.17, 15) is 27.9 Å². The number of halogens is 3. The quantitative estimate of drug-likeness (QED) is 0.341. The summed E-state index contributed by atoms with van der Waals surface area (Å²) in [5.74, 6) is -2.77. The van der Waals surface area contributed by atoms with E-state index in [1.54, 1.807) is 18.2 Å². The van der Waals surface area contributed by atoms with Crippen LogP contribution in [0.25, 0.3) is 5.70 Å². The summed E-state index contributed by atoms with van der Waals surface area (Å²) in [5.41, 5.74) is -2.24. The topological polar surface area (TPSA) is 75.6 Å². The zero-order chi connectivity index (χ0) is 20.0. The highest BCUT2D eigenvalue weighted by Crippen LogP contribution is 2.36.